The van der Waals surface area contributed by atoms with Gasteiger partial charge in [-0.05, 0) is 20.3 Å². The molecule has 7 heteroatoms. The Hall–Kier alpha value is -1.47. The number of carboxylic acids is 1. The zero-order valence-electron chi connectivity index (χ0n) is 14.2. The van der Waals surface area contributed by atoms with Crippen molar-refractivity contribution in [1.29, 1.82) is 0 Å². The van der Waals surface area contributed by atoms with Crippen molar-refractivity contribution in [1.82, 2.24) is 10.3 Å². The number of carbonyl (C=O) groups excluding carboxylic acids is 1. The molecule has 0 unspecified atom stereocenters. The smallest absolute Gasteiger partial charge is 0.330 e. The summed E-state index contributed by atoms with van der Waals surface area (Å²) in [7, 11) is 0. The highest BCUT2D eigenvalue weighted by Gasteiger charge is 2.66. The normalized spacial score (nSPS) is 25.7. The first kappa shape index (κ1) is 17.9. The van der Waals surface area contributed by atoms with Gasteiger partial charge in [0.2, 0.25) is 0 Å². The molecule has 1 aromatic heterocycles. The van der Waals surface area contributed by atoms with Crippen LogP contribution in [0.3, 0.4) is 0 Å². The number of thiazole rings is 1. The van der Waals surface area contributed by atoms with E-state index in [9.17, 15) is 14.7 Å². The number of carbonyl (C=O) groups is 2. The standard InChI is InChI=1S/C16H24N2O4S/c1-6-11-17-9(3)12(23-11)13(19)18-16(14(20)21)8-10(22-7-2)15(16,4)5/h10H,6-8H2,1-5H3,(H,18,19)(H,20,21)/t10-,16+/m0/s1. The monoisotopic (exact) mass is 340 g/mol. The second-order valence-corrected chi connectivity index (χ2v) is 7.49. The molecule has 1 aromatic rings. The Morgan fingerprint density at radius 2 is 2.09 bits per heavy atom. The lowest BCUT2D eigenvalue weighted by Crippen LogP contribution is -2.76. The zero-order valence-corrected chi connectivity index (χ0v) is 15.0. The number of nitrogens with one attached hydrogen (secondary N) is 1. The number of aromatic nitrogens is 1. The van der Waals surface area contributed by atoms with E-state index >= 15 is 0 Å². The van der Waals surface area contributed by atoms with Crippen LogP contribution in [0.25, 0.3) is 0 Å². The molecule has 1 saturated carbocycles. The summed E-state index contributed by atoms with van der Waals surface area (Å²) in [5.41, 5.74) is -1.35. The van der Waals surface area contributed by atoms with Crippen molar-refractivity contribution >= 4 is 23.2 Å². The predicted molar refractivity (Wildman–Crippen MR) is 87.9 cm³/mol. The van der Waals surface area contributed by atoms with E-state index in [0.29, 0.717) is 17.2 Å². The number of aliphatic carboxylic acids is 1. The highest BCUT2D eigenvalue weighted by molar-refractivity contribution is 7.13. The summed E-state index contributed by atoms with van der Waals surface area (Å²) in [6.07, 6.45) is 0.839. The van der Waals surface area contributed by atoms with Gasteiger partial charge in [0.05, 0.1) is 16.8 Å². The summed E-state index contributed by atoms with van der Waals surface area (Å²) in [6, 6.07) is 0. The molecule has 2 rings (SSSR count). The Balaban J connectivity index is 2.26. The minimum atomic E-state index is -1.31. The van der Waals surface area contributed by atoms with Gasteiger partial charge in [0.15, 0.2) is 0 Å². The molecule has 0 saturated heterocycles. The lowest BCUT2D eigenvalue weighted by atomic mass is 9.54. The molecule has 2 atom stereocenters. The van der Waals surface area contributed by atoms with Gasteiger partial charge in [-0.1, -0.05) is 20.8 Å². The van der Waals surface area contributed by atoms with E-state index in [-0.39, 0.29) is 18.4 Å². The molecule has 1 aliphatic carbocycles. The molecular formula is C16H24N2O4S. The number of ether oxygens (including phenoxy) is 1. The van der Waals surface area contributed by atoms with Gasteiger partial charge in [-0.15, -0.1) is 11.3 Å². The summed E-state index contributed by atoms with van der Waals surface area (Å²) in [5.74, 6) is -1.39. The van der Waals surface area contributed by atoms with Gasteiger partial charge in [0, 0.05) is 18.4 Å². The number of aryl methyl sites for hydroxylation is 2. The molecule has 6 nitrogen and oxygen atoms in total. The second-order valence-electron chi connectivity index (χ2n) is 6.41. The maximum atomic E-state index is 12.6. The van der Waals surface area contributed by atoms with Crippen molar-refractivity contribution in [2.75, 3.05) is 6.61 Å². The first-order valence-electron chi connectivity index (χ1n) is 7.83. The van der Waals surface area contributed by atoms with Crippen LogP contribution in [0, 0.1) is 12.3 Å². The number of carboxylic acid groups (broad SMARTS) is 1. The quantitative estimate of drug-likeness (QED) is 0.830. The fourth-order valence-electron chi connectivity index (χ4n) is 3.10. The molecule has 23 heavy (non-hydrogen) atoms. The zero-order chi connectivity index (χ0) is 17.4. The summed E-state index contributed by atoms with van der Waals surface area (Å²) in [6.45, 7) is 9.78. The van der Waals surface area contributed by atoms with Crippen LogP contribution in [0.1, 0.15) is 54.5 Å². The third-order valence-electron chi connectivity index (χ3n) is 4.81. The number of hydrogen-bond acceptors (Lipinski definition) is 5. The van der Waals surface area contributed by atoms with Crippen molar-refractivity contribution in [3.63, 3.8) is 0 Å². The van der Waals surface area contributed by atoms with Crippen molar-refractivity contribution in [2.45, 2.75) is 59.1 Å². The Kier molecular flexibility index (Phi) is 4.82. The number of hydrogen-bond donors (Lipinski definition) is 2. The number of rotatable bonds is 6. The van der Waals surface area contributed by atoms with Gasteiger partial charge in [-0.3, -0.25) is 4.79 Å². The van der Waals surface area contributed by atoms with Crippen LogP contribution in [0.5, 0.6) is 0 Å². The van der Waals surface area contributed by atoms with Crippen LogP contribution >= 0.6 is 11.3 Å². The molecule has 1 fully saturated rings. The third kappa shape index (κ3) is 2.76. The first-order chi connectivity index (χ1) is 10.7. The van der Waals surface area contributed by atoms with Crippen molar-refractivity contribution in [3.05, 3.63) is 15.6 Å². The van der Waals surface area contributed by atoms with Crippen LogP contribution in [-0.2, 0) is 16.0 Å². The van der Waals surface area contributed by atoms with Crippen LogP contribution in [0.4, 0.5) is 0 Å². The van der Waals surface area contributed by atoms with Crippen LogP contribution in [0.2, 0.25) is 0 Å². The SMILES string of the molecule is CCO[C@H]1C[C@@](NC(=O)c2sc(CC)nc2C)(C(=O)O)C1(C)C. The first-order valence-corrected chi connectivity index (χ1v) is 8.65. The molecule has 1 aliphatic rings. The topological polar surface area (TPSA) is 88.5 Å². The average Bonchev–Trinajstić information content (AvgIpc) is 2.86. The van der Waals surface area contributed by atoms with E-state index in [0.717, 1.165) is 11.4 Å². The van der Waals surface area contributed by atoms with Crippen LogP contribution in [-0.4, -0.2) is 40.2 Å². The third-order valence-corrected chi connectivity index (χ3v) is 6.11. The molecule has 0 spiro atoms. The maximum Gasteiger partial charge on any atom is 0.330 e. The van der Waals surface area contributed by atoms with Gasteiger partial charge < -0.3 is 15.2 Å². The summed E-state index contributed by atoms with van der Waals surface area (Å²) in [5, 5.41) is 13.4. The molecule has 0 bridgehead atoms. The summed E-state index contributed by atoms with van der Waals surface area (Å²) >= 11 is 1.32. The van der Waals surface area contributed by atoms with E-state index in [1.807, 2.05) is 27.7 Å². The van der Waals surface area contributed by atoms with Crippen molar-refractivity contribution in [2.24, 2.45) is 5.41 Å². The molecule has 1 amide bonds. The average molecular weight is 340 g/mol. The van der Waals surface area contributed by atoms with Crippen LogP contribution in [0.15, 0.2) is 0 Å². The number of amides is 1. The minimum absolute atomic E-state index is 0.183. The Morgan fingerprint density at radius 1 is 1.43 bits per heavy atom. The number of nitrogens with zero attached hydrogens (tertiary/aromatic N) is 1. The van der Waals surface area contributed by atoms with Gasteiger partial charge >= 0.3 is 5.97 Å². The lowest BCUT2D eigenvalue weighted by Gasteiger charge is -2.58. The fraction of sp³-hybridized carbons (Fsp3) is 0.688. The molecule has 0 radical (unpaired) electrons. The lowest BCUT2D eigenvalue weighted by molar-refractivity contribution is -0.190. The molecule has 128 valence electrons. The maximum absolute atomic E-state index is 12.6. The molecular weight excluding hydrogens is 316 g/mol. The van der Waals surface area contributed by atoms with Gasteiger partial charge in [0.25, 0.3) is 5.91 Å². The molecule has 0 aromatic carbocycles. The summed E-state index contributed by atoms with van der Waals surface area (Å²) < 4.78 is 5.61. The fourth-order valence-corrected chi connectivity index (χ4v) is 4.00. The highest BCUT2D eigenvalue weighted by atomic mass is 32.1. The van der Waals surface area contributed by atoms with Crippen molar-refractivity contribution < 1.29 is 19.4 Å². The largest absolute Gasteiger partial charge is 0.479 e. The van der Waals surface area contributed by atoms with Crippen molar-refractivity contribution in [3.8, 4) is 0 Å². The van der Waals surface area contributed by atoms with Gasteiger partial charge in [-0.2, -0.15) is 0 Å². The molecule has 1 heterocycles. The highest BCUT2D eigenvalue weighted by Crippen LogP contribution is 2.51. The molecule has 0 aliphatic heterocycles. The van der Waals surface area contributed by atoms with Gasteiger partial charge in [-0.25, -0.2) is 9.78 Å². The van der Waals surface area contributed by atoms with E-state index < -0.39 is 16.9 Å². The van der Waals surface area contributed by atoms with Crippen LogP contribution < -0.4 is 5.32 Å². The minimum Gasteiger partial charge on any atom is -0.479 e. The summed E-state index contributed by atoms with van der Waals surface area (Å²) in [4.78, 5) is 29.3. The van der Waals surface area contributed by atoms with E-state index in [1.54, 1.807) is 6.92 Å². The Labute approximate surface area is 140 Å². The Morgan fingerprint density at radius 3 is 2.52 bits per heavy atom. The van der Waals surface area contributed by atoms with Gasteiger partial charge in [0.1, 0.15) is 10.4 Å². The second kappa shape index (κ2) is 6.20. The van der Waals surface area contributed by atoms with E-state index in [1.165, 1.54) is 11.3 Å². The Bertz CT molecular complexity index is 626. The van der Waals surface area contributed by atoms with E-state index in [2.05, 4.69) is 10.3 Å². The molecule has 2 N–H and O–H groups in total. The van der Waals surface area contributed by atoms with E-state index in [4.69, 9.17) is 4.74 Å². The predicted octanol–water partition coefficient (Wildman–Crippen LogP) is 2.40.